The molecule has 1 heterocycles. The summed E-state index contributed by atoms with van der Waals surface area (Å²) in [6.07, 6.45) is 1.35. The fourth-order valence-corrected chi connectivity index (χ4v) is 2.12. The molecule has 0 bridgehead atoms. The Labute approximate surface area is 108 Å². The average molecular weight is 306 g/mol. The van der Waals surface area contributed by atoms with Gasteiger partial charge in [-0.2, -0.15) is 0 Å². The topological polar surface area (TPSA) is 38.3 Å². The summed E-state index contributed by atoms with van der Waals surface area (Å²) in [5.41, 5.74) is 0. The second kappa shape index (κ2) is 8.73. The van der Waals surface area contributed by atoms with E-state index in [2.05, 4.69) is 21.2 Å². The third kappa shape index (κ3) is 6.25. The number of carbonyl (C=O) groups excluding carboxylic acids is 1. The van der Waals surface area contributed by atoms with E-state index in [1.807, 2.05) is 17.5 Å². The number of thiophene rings is 1. The molecular weight excluding hydrogens is 290 g/mol. The van der Waals surface area contributed by atoms with Crippen LogP contribution in [0.2, 0.25) is 0 Å². The van der Waals surface area contributed by atoms with Crippen LogP contribution in [0, 0.1) is 0 Å². The predicted molar refractivity (Wildman–Crippen MR) is 70.3 cm³/mol. The second-order valence-electron chi connectivity index (χ2n) is 3.26. The highest BCUT2D eigenvalue weighted by atomic mass is 79.9. The van der Waals surface area contributed by atoms with E-state index in [0.717, 1.165) is 23.2 Å². The zero-order valence-corrected chi connectivity index (χ0v) is 11.5. The van der Waals surface area contributed by atoms with Gasteiger partial charge in [0, 0.05) is 23.4 Å². The lowest BCUT2D eigenvalue weighted by atomic mass is 10.3. The number of carbonyl (C=O) groups is 1. The number of alkyl halides is 1. The maximum atomic E-state index is 11.4. The molecule has 1 aromatic rings. The molecule has 0 spiro atoms. The van der Waals surface area contributed by atoms with Crippen molar-refractivity contribution in [2.24, 2.45) is 0 Å². The molecule has 16 heavy (non-hydrogen) atoms. The fraction of sp³-hybridized carbons (Fsp3) is 0.545. The monoisotopic (exact) mass is 305 g/mol. The molecule has 5 heteroatoms. The largest absolute Gasteiger partial charge is 0.381 e. The first kappa shape index (κ1) is 13.7. The van der Waals surface area contributed by atoms with Gasteiger partial charge in [-0.1, -0.05) is 22.0 Å². The normalized spacial score (nSPS) is 10.3. The summed E-state index contributed by atoms with van der Waals surface area (Å²) < 4.78 is 5.27. The first-order valence-corrected chi connectivity index (χ1v) is 7.26. The molecule has 0 fully saturated rings. The lowest BCUT2D eigenvalue weighted by Gasteiger charge is -2.04. The standard InChI is InChI=1S/C11H16BrNO2S/c12-4-7-15-6-2-5-13-11(14)9-10-3-1-8-16-10/h1,3,8H,2,4-7,9H2,(H,13,14). The van der Waals surface area contributed by atoms with Gasteiger partial charge in [0.05, 0.1) is 13.0 Å². The summed E-state index contributed by atoms with van der Waals surface area (Å²) in [6.45, 7) is 2.11. The quantitative estimate of drug-likeness (QED) is 0.591. The van der Waals surface area contributed by atoms with E-state index in [4.69, 9.17) is 4.74 Å². The SMILES string of the molecule is O=C(Cc1cccs1)NCCCOCCBr. The molecule has 0 aliphatic carbocycles. The van der Waals surface area contributed by atoms with Crippen LogP contribution in [0.1, 0.15) is 11.3 Å². The van der Waals surface area contributed by atoms with E-state index in [9.17, 15) is 4.79 Å². The van der Waals surface area contributed by atoms with Gasteiger partial charge in [-0.25, -0.2) is 0 Å². The number of rotatable bonds is 8. The lowest BCUT2D eigenvalue weighted by Crippen LogP contribution is -2.26. The number of ether oxygens (including phenoxy) is 1. The molecule has 3 nitrogen and oxygen atoms in total. The summed E-state index contributed by atoms with van der Waals surface area (Å²) in [5, 5.41) is 5.72. The van der Waals surface area contributed by atoms with Gasteiger partial charge in [0.15, 0.2) is 0 Å². The predicted octanol–water partition coefficient (Wildman–Crippen LogP) is 2.21. The molecule has 0 radical (unpaired) electrons. The molecule has 0 aliphatic heterocycles. The highest BCUT2D eigenvalue weighted by Crippen LogP contribution is 2.08. The van der Waals surface area contributed by atoms with Crippen molar-refractivity contribution in [1.29, 1.82) is 0 Å². The Hall–Kier alpha value is -0.390. The van der Waals surface area contributed by atoms with Crippen molar-refractivity contribution in [2.75, 3.05) is 25.1 Å². The first-order valence-electron chi connectivity index (χ1n) is 5.25. The van der Waals surface area contributed by atoms with Crippen molar-refractivity contribution in [3.63, 3.8) is 0 Å². The van der Waals surface area contributed by atoms with Gasteiger partial charge in [-0.05, 0) is 17.9 Å². The summed E-state index contributed by atoms with van der Waals surface area (Å²) in [7, 11) is 0. The maximum Gasteiger partial charge on any atom is 0.225 e. The number of hydrogen-bond acceptors (Lipinski definition) is 3. The molecule has 1 N–H and O–H groups in total. The zero-order valence-electron chi connectivity index (χ0n) is 9.08. The van der Waals surface area contributed by atoms with Crippen molar-refractivity contribution in [1.82, 2.24) is 5.32 Å². The van der Waals surface area contributed by atoms with Crippen LogP contribution in [-0.4, -0.2) is 31.0 Å². The lowest BCUT2D eigenvalue weighted by molar-refractivity contribution is -0.120. The maximum absolute atomic E-state index is 11.4. The number of hydrogen-bond donors (Lipinski definition) is 1. The highest BCUT2D eigenvalue weighted by Gasteiger charge is 2.02. The molecule has 90 valence electrons. The molecule has 0 atom stereocenters. The molecule has 0 aromatic carbocycles. The van der Waals surface area contributed by atoms with Crippen molar-refractivity contribution in [3.8, 4) is 0 Å². The molecule has 0 saturated heterocycles. The molecule has 0 unspecified atom stereocenters. The fourth-order valence-electron chi connectivity index (χ4n) is 1.19. The van der Waals surface area contributed by atoms with Crippen molar-refractivity contribution in [2.45, 2.75) is 12.8 Å². The van der Waals surface area contributed by atoms with Crippen LogP contribution >= 0.6 is 27.3 Å². The number of amides is 1. The van der Waals surface area contributed by atoms with Crippen LogP contribution < -0.4 is 5.32 Å². The van der Waals surface area contributed by atoms with E-state index in [0.29, 0.717) is 19.6 Å². The van der Waals surface area contributed by atoms with Crippen molar-refractivity contribution in [3.05, 3.63) is 22.4 Å². The molecule has 1 aromatic heterocycles. The van der Waals surface area contributed by atoms with E-state index >= 15 is 0 Å². The molecule has 0 aliphatic rings. The minimum atomic E-state index is 0.0861. The van der Waals surface area contributed by atoms with E-state index in [1.165, 1.54) is 0 Å². The smallest absolute Gasteiger partial charge is 0.225 e. The molecular formula is C11H16BrNO2S. The highest BCUT2D eigenvalue weighted by molar-refractivity contribution is 9.09. The van der Waals surface area contributed by atoms with E-state index in [-0.39, 0.29) is 5.91 Å². The second-order valence-corrected chi connectivity index (χ2v) is 5.09. The van der Waals surface area contributed by atoms with Gasteiger partial charge in [0.25, 0.3) is 0 Å². The van der Waals surface area contributed by atoms with Crippen LogP contribution in [-0.2, 0) is 16.0 Å². The summed E-state index contributed by atoms with van der Waals surface area (Å²) in [5.74, 6) is 0.0861. The Kier molecular flexibility index (Phi) is 7.46. The van der Waals surface area contributed by atoms with Gasteiger partial charge in [-0.15, -0.1) is 11.3 Å². The Morgan fingerprint density at radius 2 is 2.38 bits per heavy atom. The van der Waals surface area contributed by atoms with Gasteiger partial charge in [0.1, 0.15) is 0 Å². The minimum absolute atomic E-state index is 0.0861. The third-order valence-electron chi connectivity index (χ3n) is 1.92. The summed E-state index contributed by atoms with van der Waals surface area (Å²) >= 11 is 4.89. The van der Waals surface area contributed by atoms with Crippen LogP contribution in [0.5, 0.6) is 0 Å². The minimum Gasteiger partial charge on any atom is -0.381 e. The van der Waals surface area contributed by atoms with Crippen LogP contribution in [0.4, 0.5) is 0 Å². The zero-order chi connectivity index (χ0) is 11.6. The average Bonchev–Trinajstić information content (AvgIpc) is 2.76. The first-order chi connectivity index (χ1) is 7.83. The van der Waals surface area contributed by atoms with Gasteiger partial charge in [-0.3, -0.25) is 4.79 Å². The van der Waals surface area contributed by atoms with Gasteiger partial charge < -0.3 is 10.1 Å². The van der Waals surface area contributed by atoms with E-state index in [1.54, 1.807) is 11.3 Å². The summed E-state index contributed by atoms with van der Waals surface area (Å²) in [6, 6.07) is 3.94. The molecule has 0 saturated carbocycles. The van der Waals surface area contributed by atoms with Crippen LogP contribution in [0.25, 0.3) is 0 Å². The molecule has 1 amide bonds. The van der Waals surface area contributed by atoms with Crippen LogP contribution in [0.3, 0.4) is 0 Å². The van der Waals surface area contributed by atoms with Crippen molar-refractivity contribution < 1.29 is 9.53 Å². The van der Waals surface area contributed by atoms with Crippen LogP contribution in [0.15, 0.2) is 17.5 Å². The molecule has 1 rings (SSSR count). The van der Waals surface area contributed by atoms with Crippen molar-refractivity contribution >= 4 is 33.2 Å². The Morgan fingerprint density at radius 1 is 1.50 bits per heavy atom. The van der Waals surface area contributed by atoms with Gasteiger partial charge >= 0.3 is 0 Å². The summed E-state index contributed by atoms with van der Waals surface area (Å²) in [4.78, 5) is 12.6. The Bertz CT molecular complexity index is 290. The number of halogens is 1. The third-order valence-corrected chi connectivity index (χ3v) is 3.12. The Balaban J connectivity index is 1.98. The Morgan fingerprint density at radius 3 is 3.06 bits per heavy atom. The van der Waals surface area contributed by atoms with Gasteiger partial charge in [0.2, 0.25) is 5.91 Å². The van der Waals surface area contributed by atoms with E-state index < -0.39 is 0 Å². The number of nitrogens with one attached hydrogen (secondary N) is 1.